The number of hydrogen-bond acceptors (Lipinski definition) is 5. The summed E-state index contributed by atoms with van der Waals surface area (Å²) < 4.78 is 29.1. The number of fused-ring (bicyclic) bond motifs is 1. The van der Waals surface area contributed by atoms with Gasteiger partial charge in [-0.25, -0.2) is 18.1 Å². The van der Waals surface area contributed by atoms with Crippen LogP contribution in [0, 0.1) is 0 Å². The fourth-order valence-electron chi connectivity index (χ4n) is 3.29. The number of aryl methyl sites for hydroxylation is 2. The molecule has 0 unspecified atom stereocenters. The molecule has 0 amide bonds. The van der Waals surface area contributed by atoms with Gasteiger partial charge in [-0.3, -0.25) is 0 Å². The summed E-state index contributed by atoms with van der Waals surface area (Å²) in [7, 11) is -3.54. The SMILES string of the molecule is CCc1csc(-c2csc(S(=O)(=O)N[C@@H]3CCCc4ccccc43)c2)n1. The van der Waals surface area contributed by atoms with Gasteiger partial charge in [0.05, 0.1) is 5.69 Å². The minimum atomic E-state index is -3.54. The maximum Gasteiger partial charge on any atom is 0.250 e. The number of nitrogens with one attached hydrogen (secondary N) is 1. The first-order valence-corrected chi connectivity index (χ1v) is 11.9. The molecule has 0 spiro atoms. The number of sulfonamides is 1. The van der Waals surface area contributed by atoms with Crippen LogP contribution < -0.4 is 4.72 Å². The maximum absolute atomic E-state index is 12.9. The van der Waals surface area contributed by atoms with E-state index in [4.69, 9.17) is 0 Å². The van der Waals surface area contributed by atoms with Crippen LogP contribution in [0.25, 0.3) is 10.6 Å². The Labute approximate surface area is 162 Å². The van der Waals surface area contributed by atoms with E-state index in [-0.39, 0.29) is 6.04 Å². The molecule has 0 bridgehead atoms. The summed E-state index contributed by atoms with van der Waals surface area (Å²) in [6, 6.07) is 9.69. The molecule has 2 aromatic heterocycles. The third-order valence-electron chi connectivity index (χ3n) is 4.67. The normalized spacial score (nSPS) is 17.2. The van der Waals surface area contributed by atoms with Gasteiger partial charge in [0, 0.05) is 22.4 Å². The van der Waals surface area contributed by atoms with Gasteiger partial charge in [-0.1, -0.05) is 31.2 Å². The second kappa shape index (κ2) is 7.23. The van der Waals surface area contributed by atoms with Gasteiger partial charge in [-0.15, -0.1) is 22.7 Å². The van der Waals surface area contributed by atoms with Crippen LogP contribution in [0.5, 0.6) is 0 Å². The van der Waals surface area contributed by atoms with E-state index in [0.29, 0.717) is 4.21 Å². The van der Waals surface area contributed by atoms with Gasteiger partial charge in [-0.2, -0.15) is 0 Å². The Morgan fingerprint density at radius 2 is 2.08 bits per heavy atom. The lowest BCUT2D eigenvalue weighted by atomic mass is 9.88. The topological polar surface area (TPSA) is 59.1 Å². The van der Waals surface area contributed by atoms with Gasteiger partial charge in [0.2, 0.25) is 0 Å². The molecular formula is C19H20N2O2S3. The highest BCUT2D eigenvalue weighted by molar-refractivity contribution is 7.91. The first-order valence-electron chi connectivity index (χ1n) is 8.70. The molecule has 3 aromatic rings. The number of thiophene rings is 1. The van der Waals surface area contributed by atoms with Crippen molar-refractivity contribution in [2.24, 2.45) is 0 Å². The lowest BCUT2D eigenvalue weighted by molar-refractivity contribution is 0.508. The quantitative estimate of drug-likeness (QED) is 0.665. The van der Waals surface area contributed by atoms with Gasteiger partial charge in [0.15, 0.2) is 0 Å². The molecular weight excluding hydrogens is 384 g/mol. The molecule has 1 aliphatic rings. The number of benzene rings is 1. The molecule has 26 heavy (non-hydrogen) atoms. The van der Waals surface area contributed by atoms with Crippen LogP contribution in [-0.2, 0) is 22.9 Å². The molecule has 0 saturated heterocycles. The number of aromatic nitrogens is 1. The van der Waals surface area contributed by atoms with Gasteiger partial charge >= 0.3 is 0 Å². The number of nitrogens with zero attached hydrogens (tertiary/aromatic N) is 1. The first-order chi connectivity index (χ1) is 12.6. The summed E-state index contributed by atoms with van der Waals surface area (Å²) >= 11 is 2.81. The maximum atomic E-state index is 12.9. The van der Waals surface area contributed by atoms with Crippen molar-refractivity contribution in [3.8, 4) is 10.6 Å². The van der Waals surface area contributed by atoms with E-state index in [2.05, 4.69) is 22.7 Å². The molecule has 1 atom stereocenters. The van der Waals surface area contributed by atoms with Crippen molar-refractivity contribution in [3.63, 3.8) is 0 Å². The van der Waals surface area contributed by atoms with Crippen LogP contribution in [-0.4, -0.2) is 13.4 Å². The molecule has 4 nitrogen and oxygen atoms in total. The molecule has 4 rings (SSSR count). The van der Waals surface area contributed by atoms with E-state index in [1.54, 1.807) is 17.4 Å². The minimum absolute atomic E-state index is 0.151. The van der Waals surface area contributed by atoms with Gasteiger partial charge in [0.25, 0.3) is 10.0 Å². The molecule has 0 saturated carbocycles. The summed E-state index contributed by atoms with van der Waals surface area (Å²) in [5.74, 6) is 0. The lowest BCUT2D eigenvalue weighted by Crippen LogP contribution is -2.30. The third kappa shape index (κ3) is 3.49. The second-order valence-electron chi connectivity index (χ2n) is 6.42. The van der Waals surface area contributed by atoms with Crippen molar-refractivity contribution in [2.75, 3.05) is 0 Å². The van der Waals surface area contributed by atoms with Crippen molar-refractivity contribution in [1.29, 1.82) is 0 Å². The predicted molar refractivity (Wildman–Crippen MR) is 107 cm³/mol. The Balaban J connectivity index is 1.58. The average molecular weight is 405 g/mol. The van der Waals surface area contributed by atoms with E-state index < -0.39 is 10.0 Å². The van der Waals surface area contributed by atoms with Crippen LogP contribution in [0.4, 0.5) is 0 Å². The molecule has 7 heteroatoms. The van der Waals surface area contributed by atoms with E-state index in [1.807, 2.05) is 29.0 Å². The van der Waals surface area contributed by atoms with Crippen LogP contribution in [0.1, 0.15) is 42.6 Å². The van der Waals surface area contributed by atoms with Gasteiger partial charge < -0.3 is 0 Å². The molecule has 1 N–H and O–H groups in total. The highest BCUT2D eigenvalue weighted by atomic mass is 32.2. The smallest absolute Gasteiger partial charge is 0.241 e. The Hall–Kier alpha value is -1.54. The second-order valence-corrected chi connectivity index (χ2v) is 10.1. The zero-order valence-corrected chi connectivity index (χ0v) is 16.9. The van der Waals surface area contributed by atoms with E-state index >= 15 is 0 Å². The molecule has 0 aliphatic heterocycles. The summed E-state index contributed by atoms with van der Waals surface area (Å²) in [5, 5.41) is 4.78. The highest BCUT2D eigenvalue weighted by Gasteiger charge is 2.26. The number of rotatable bonds is 5. The van der Waals surface area contributed by atoms with Gasteiger partial charge in [-0.05, 0) is 42.9 Å². The summed E-state index contributed by atoms with van der Waals surface area (Å²) in [4.78, 5) is 4.55. The lowest BCUT2D eigenvalue weighted by Gasteiger charge is -2.25. The molecule has 2 heterocycles. The monoisotopic (exact) mass is 404 g/mol. The van der Waals surface area contributed by atoms with E-state index in [1.165, 1.54) is 16.9 Å². The highest BCUT2D eigenvalue weighted by Crippen LogP contribution is 2.34. The summed E-state index contributed by atoms with van der Waals surface area (Å²) in [6.07, 6.45) is 3.73. The first kappa shape index (κ1) is 17.9. The molecule has 1 aromatic carbocycles. The average Bonchev–Trinajstić information content (AvgIpc) is 3.31. The molecule has 1 aliphatic carbocycles. The van der Waals surface area contributed by atoms with Gasteiger partial charge in [0.1, 0.15) is 9.22 Å². The van der Waals surface area contributed by atoms with Crippen LogP contribution in [0.3, 0.4) is 0 Å². The Morgan fingerprint density at radius 3 is 2.88 bits per heavy atom. The predicted octanol–water partition coefficient (Wildman–Crippen LogP) is 4.79. The van der Waals surface area contributed by atoms with Crippen molar-refractivity contribution in [3.05, 3.63) is 57.9 Å². The summed E-state index contributed by atoms with van der Waals surface area (Å²) in [5.41, 5.74) is 4.27. The number of thiazole rings is 1. The van der Waals surface area contributed by atoms with Crippen molar-refractivity contribution in [1.82, 2.24) is 9.71 Å². The van der Waals surface area contributed by atoms with Crippen LogP contribution in [0.15, 0.2) is 45.3 Å². The third-order valence-corrected chi connectivity index (χ3v) is 8.52. The minimum Gasteiger partial charge on any atom is -0.241 e. The van der Waals surface area contributed by atoms with E-state index in [0.717, 1.165) is 47.5 Å². The fourth-order valence-corrected chi connectivity index (χ4v) is 6.69. The van der Waals surface area contributed by atoms with E-state index in [9.17, 15) is 8.42 Å². The zero-order chi connectivity index (χ0) is 18.1. The molecule has 0 radical (unpaired) electrons. The standard InChI is InChI=1S/C19H20N2O2S3/c1-2-15-12-25-19(20-15)14-10-18(24-11-14)26(22,23)21-17-9-5-7-13-6-3-4-8-16(13)17/h3-4,6,8,10-12,17,21H,2,5,7,9H2,1H3/t17-/m1/s1. The Morgan fingerprint density at radius 1 is 1.23 bits per heavy atom. The molecule has 136 valence electrons. The van der Waals surface area contributed by atoms with Crippen molar-refractivity contribution in [2.45, 2.75) is 42.9 Å². The van der Waals surface area contributed by atoms with Crippen molar-refractivity contribution >= 4 is 32.7 Å². The Bertz CT molecular complexity index is 1020. The number of hydrogen-bond donors (Lipinski definition) is 1. The van der Waals surface area contributed by atoms with Crippen LogP contribution in [0.2, 0.25) is 0 Å². The zero-order valence-electron chi connectivity index (χ0n) is 14.4. The Kier molecular flexibility index (Phi) is 4.96. The summed E-state index contributed by atoms with van der Waals surface area (Å²) in [6.45, 7) is 2.06. The van der Waals surface area contributed by atoms with Crippen molar-refractivity contribution < 1.29 is 8.42 Å². The largest absolute Gasteiger partial charge is 0.250 e. The molecule has 0 fully saturated rings. The van der Waals surface area contributed by atoms with Crippen LogP contribution >= 0.6 is 22.7 Å². The fraction of sp³-hybridized carbons (Fsp3) is 0.316.